The van der Waals surface area contributed by atoms with E-state index in [1.807, 2.05) is 13.0 Å². The maximum Gasteiger partial charge on any atom is 0.416 e. The number of carboxylic acid groups (broad SMARTS) is 1. The predicted octanol–water partition coefficient (Wildman–Crippen LogP) is 6.51. The van der Waals surface area contributed by atoms with Gasteiger partial charge in [0.15, 0.2) is 0 Å². The van der Waals surface area contributed by atoms with Gasteiger partial charge in [-0.25, -0.2) is 8.78 Å². The van der Waals surface area contributed by atoms with Crippen LogP contribution in [0.5, 0.6) is 11.5 Å². The number of hydrogen-bond acceptors (Lipinski definition) is 5. The molecule has 1 fully saturated rings. The van der Waals surface area contributed by atoms with E-state index < -0.39 is 59.7 Å². The van der Waals surface area contributed by atoms with Crippen LogP contribution in [-0.2, 0) is 22.2 Å². The Balaban J connectivity index is 1.55. The molecule has 256 valence electrons. The van der Waals surface area contributed by atoms with Crippen LogP contribution in [0.3, 0.4) is 0 Å². The van der Waals surface area contributed by atoms with Gasteiger partial charge in [-0.1, -0.05) is 24.3 Å². The number of likely N-dealkylation sites (tertiary alicyclic amines) is 1. The van der Waals surface area contributed by atoms with Gasteiger partial charge in [0.25, 0.3) is 5.56 Å². The number of nitrogens with zero attached hydrogens (tertiary/aromatic N) is 2. The summed E-state index contributed by atoms with van der Waals surface area (Å²) in [7, 11) is 0. The lowest BCUT2D eigenvalue weighted by molar-refractivity contribution is -0.139. The number of alkyl halides is 4. The summed E-state index contributed by atoms with van der Waals surface area (Å²) in [5.74, 6) is -2.47. The van der Waals surface area contributed by atoms with Crippen molar-refractivity contribution >= 4 is 11.9 Å². The average molecular weight is 682 g/mol. The monoisotopic (exact) mass is 681 g/mol. The highest BCUT2D eigenvalue weighted by molar-refractivity contribution is 5.85. The largest absolute Gasteiger partial charge is 0.481 e. The van der Waals surface area contributed by atoms with Gasteiger partial charge >= 0.3 is 12.1 Å². The number of carbonyl (C=O) groups excluding carboxylic acids is 1. The summed E-state index contributed by atoms with van der Waals surface area (Å²) in [4.78, 5) is 41.5. The lowest BCUT2D eigenvalue weighted by Crippen LogP contribution is -2.49. The minimum Gasteiger partial charge on any atom is -0.481 e. The van der Waals surface area contributed by atoms with Gasteiger partial charge in [0.1, 0.15) is 29.5 Å². The smallest absolute Gasteiger partial charge is 0.416 e. The number of hydrogen-bond donors (Lipinski definition) is 2. The molecule has 6 rings (SSSR count). The Morgan fingerprint density at radius 3 is 2.45 bits per heavy atom. The van der Waals surface area contributed by atoms with E-state index in [0.717, 1.165) is 16.3 Å². The van der Waals surface area contributed by atoms with E-state index in [0.29, 0.717) is 22.9 Å². The van der Waals surface area contributed by atoms with Crippen molar-refractivity contribution in [2.75, 3.05) is 19.6 Å². The first-order valence-corrected chi connectivity index (χ1v) is 15.6. The summed E-state index contributed by atoms with van der Waals surface area (Å²) < 4.78 is 78.9. The fourth-order valence-electron chi connectivity index (χ4n) is 6.49. The Hall–Kier alpha value is -5.04. The molecule has 2 atom stereocenters. The van der Waals surface area contributed by atoms with Crippen LogP contribution in [0.2, 0.25) is 0 Å². The molecule has 4 aromatic rings. The number of nitrogens with one attached hydrogen (secondary N) is 1. The van der Waals surface area contributed by atoms with Crippen LogP contribution in [0.25, 0.3) is 11.1 Å². The molecule has 0 radical (unpaired) electrons. The van der Waals surface area contributed by atoms with Crippen molar-refractivity contribution in [3.05, 3.63) is 116 Å². The summed E-state index contributed by atoms with van der Waals surface area (Å²) in [6.07, 6.45) is -5.95. The van der Waals surface area contributed by atoms with Crippen LogP contribution in [0.15, 0.2) is 71.7 Å². The number of carboxylic acids is 1. The third-order valence-electron chi connectivity index (χ3n) is 8.88. The molecule has 49 heavy (non-hydrogen) atoms. The summed E-state index contributed by atoms with van der Waals surface area (Å²) in [6, 6.07) is 11.8. The number of aryl methyl sites for hydroxylation is 2. The molecule has 0 unspecified atom stereocenters. The number of halogens is 5. The Morgan fingerprint density at radius 1 is 1.02 bits per heavy atom. The molecule has 3 aromatic carbocycles. The molecule has 0 saturated carbocycles. The van der Waals surface area contributed by atoms with Crippen LogP contribution in [0.4, 0.5) is 22.0 Å². The molecule has 0 aliphatic carbocycles. The molecular formula is C36H32F5N3O5. The molecule has 2 aliphatic rings. The lowest BCUT2D eigenvalue weighted by Gasteiger charge is -2.34. The maximum absolute atomic E-state index is 15.8. The van der Waals surface area contributed by atoms with Crippen molar-refractivity contribution in [2.24, 2.45) is 0 Å². The number of benzene rings is 3. The Morgan fingerprint density at radius 2 is 1.76 bits per heavy atom. The molecule has 8 nitrogen and oxygen atoms in total. The number of aliphatic carboxylic acids is 1. The second-order valence-electron chi connectivity index (χ2n) is 12.4. The molecule has 3 heterocycles. The highest BCUT2D eigenvalue weighted by Gasteiger charge is 2.37. The van der Waals surface area contributed by atoms with Gasteiger partial charge in [0.05, 0.1) is 18.0 Å². The van der Waals surface area contributed by atoms with Gasteiger partial charge in [-0.05, 0) is 78.4 Å². The molecule has 2 aliphatic heterocycles. The van der Waals surface area contributed by atoms with E-state index in [9.17, 15) is 37.1 Å². The van der Waals surface area contributed by atoms with Gasteiger partial charge in [0.2, 0.25) is 5.91 Å². The van der Waals surface area contributed by atoms with Crippen molar-refractivity contribution in [1.29, 1.82) is 0 Å². The zero-order valence-corrected chi connectivity index (χ0v) is 26.5. The Kier molecular flexibility index (Phi) is 9.05. The van der Waals surface area contributed by atoms with Crippen LogP contribution < -0.4 is 15.6 Å². The number of carbonyl (C=O) groups is 2. The molecule has 2 N–H and O–H groups in total. The van der Waals surface area contributed by atoms with Crippen LogP contribution >= 0.6 is 0 Å². The minimum absolute atomic E-state index is 0.0731. The molecule has 13 heteroatoms. The van der Waals surface area contributed by atoms with Crippen LogP contribution in [-0.4, -0.2) is 52.3 Å². The number of rotatable bonds is 6. The van der Waals surface area contributed by atoms with Crippen molar-refractivity contribution < 1.29 is 41.4 Å². The molecule has 1 aromatic heterocycles. The number of amides is 1. The summed E-state index contributed by atoms with van der Waals surface area (Å²) in [5, 5.41) is 12.4. The fraction of sp³-hybridized carbons (Fsp3) is 0.306. The van der Waals surface area contributed by atoms with Crippen molar-refractivity contribution in [1.82, 2.24) is 14.8 Å². The zero-order chi connectivity index (χ0) is 35.2. The quantitative estimate of drug-likeness (QED) is 0.225. The normalized spacial score (nSPS) is 18.2. The number of ether oxygens (including phenoxy) is 1. The molecule has 0 spiro atoms. The Labute approximate surface area is 277 Å². The second-order valence-corrected chi connectivity index (χ2v) is 12.4. The van der Waals surface area contributed by atoms with Crippen LogP contribution in [0.1, 0.15) is 51.9 Å². The highest BCUT2D eigenvalue weighted by Crippen LogP contribution is 2.40. The molecule has 4 bridgehead atoms. The standard InChI is InChI=1S/C36H32F5N3O5/c1-19-5-3-8-29-32(19)23-11-20(2)33(38)26(13-23)28(15-31(46)47)42-35(48)34(21-6-4-7-25(12-21)49-29)44-16-22(9-10-43-17-24(37)18-43)27(14-30(44)45)36(39,40)41/h3-8,11-14,16,24,28,34H,9-10,15,17-18H2,1-2H3,(H,42,48)(H,46,47)/t28-,34+/m1/s1. The maximum atomic E-state index is 15.8. The van der Waals surface area contributed by atoms with E-state index in [2.05, 4.69) is 5.32 Å². The van der Waals surface area contributed by atoms with E-state index in [1.165, 1.54) is 25.1 Å². The highest BCUT2D eigenvalue weighted by atomic mass is 19.4. The zero-order valence-electron chi connectivity index (χ0n) is 26.5. The Bertz CT molecular complexity index is 2000. The first-order valence-electron chi connectivity index (χ1n) is 15.6. The minimum atomic E-state index is -4.90. The number of pyridine rings is 1. The first kappa shape index (κ1) is 33.8. The van der Waals surface area contributed by atoms with Gasteiger partial charge < -0.3 is 15.2 Å². The van der Waals surface area contributed by atoms with Gasteiger partial charge in [-0.2, -0.15) is 13.2 Å². The third-order valence-corrected chi connectivity index (χ3v) is 8.88. The fourth-order valence-corrected chi connectivity index (χ4v) is 6.49. The topological polar surface area (TPSA) is 101 Å². The molecule has 1 amide bonds. The van der Waals surface area contributed by atoms with Gasteiger partial charge in [0, 0.05) is 43.0 Å². The van der Waals surface area contributed by atoms with Gasteiger partial charge in [-0.15, -0.1) is 0 Å². The van der Waals surface area contributed by atoms with E-state index >= 15 is 4.39 Å². The van der Waals surface area contributed by atoms with Crippen molar-refractivity contribution in [2.45, 2.75) is 51.1 Å². The van der Waals surface area contributed by atoms with E-state index in [4.69, 9.17) is 4.74 Å². The third kappa shape index (κ3) is 6.93. The van der Waals surface area contributed by atoms with Crippen molar-refractivity contribution in [3.8, 4) is 22.6 Å². The summed E-state index contributed by atoms with van der Waals surface area (Å²) in [5.41, 5.74) is -0.593. The SMILES string of the molecule is Cc1cc2cc(c1F)[C@@H](CC(=O)O)NC(=O)[C@@H](n1cc(CCN3CC(F)C3)c(C(F)(F)F)cc1=O)c1cccc(c1)Oc1cccc(C)c1-2. The predicted molar refractivity (Wildman–Crippen MR) is 170 cm³/mol. The summed E-state index contributed by atoms with van der Waals surface area (Å²) in [6.45, 7) is 3.56. The van der Waals surface area contributed by atoms with Gasteiger partial charge in [-0.3, -0.25) is 23.9 Å². The van der Waals surface area contributed by atoms with Crippen LogP contribution in [0, 0.1) is 19.7 Å². The molecule has 1 saturated heterocycles. The van der Waals surface area contributed by atoms with E-state index in [1.54, 1.807) is 35.2 Å². The first-order chi connectivity index (χ1) is 23.2. The summed E-state index contributed by atoms with van der Waals surface area (Å²) >= 11 is 0. The second kappa shape index (κ2) is 13.1. The van der Waals surface area contributed by atoms with Crippen molar-refractivity contribution in [3.63, 3.8) is 0 Å². The number of fused-ring (bicyclic) bond motifs is 6. The lowest BCUT2D eigenvalue weighted by atomic mass is 9.92. The number of aromatic nitrogens is 1. The van der Waals surface area contributed by atoms with E-state index in [-0.39, 0.29) is 54.1 Å². The molecular weight excluding hydrogens is 649 g/mol. The average Bonchev–Trinajstić information content (AvgIpc) is 3.00.